The van der Waals surface area contributed by atoms with Crippen LogP contribution in [0.25, 0.3) is 0 Å². The molecule has 2 N–H and O–H groups in total. The number of hydrogen-bond acceptors (Lipinski definition) is 4. The number of thiophene rings is 1. The number of rotatable bonds is 5. The number of nitrogens with zero attached hydrogens (tertiary/aromatic N) is 1. The summed E-state index contributed by atoms with van der Waals surface area (Å²) in [6.07, 6.45) is 2.90. The zero-order chi connectivity index (χ0) is 18.1. The van der Waals surface area contributed by atoms with Crippen molar-refractivity contribution in [2.75, 3.05) is 17.2 Å². The largest absolute Gasteiger partial charge is 0.374 e. The quantitative estimate of drug-likeness (QED) is 0.848. The maximum absolute atomic E-state index is 12.8. The van der Waals surface area contributed by atoms with Crippen molar-refractivity contribution in [2.45, 2.75) is 38.8 Å². The molecule has 0 spiro atoms. The van der Waals surface area contributed by atoms with Crippen LogP contribution in [0.5, 0.6) is 0 Å². The Morgan fingerprint density at radius 3 is 2.85 bits per heavy atom. The number of carbonyl (C=O) groups excluding carboxylic acids is 2. The summed E-state index contributed by atoms with van der Waals surface area (Å²) in [5.74, 6) is 0.369. The second kappa shape index (κ2) is 7.11. The molecular weight excluding hydrogens is 346 g/mol. The van der Waals surface area contributed by atoms with E-state index in [4.69, 9.17) is 0 Å². The maximum atomic E-state index is 12.8. The lowest BCUT2D eigenvalue weighted by atomic mass is 10.1. The highest BCUT2D eigenvalue weighted by atomic mass is 32.1. The first kappa shape index (κ1) is 17.1. The van der Waals surface area contributed by atoms with E-state index < -0.39 is 0 Å². The van der Waals surface area contributed by atoms with Crippen LogP contribution in [0.1, 0.15) is 30.2 Å². The van der Waals surface area contributed by atoms with Crippen molar-refractivity contribution in [2.24, 2.45) is 5.92 Å². The standard InChI is InChI=1S/C20H23N3O2S/c1-13(20(25)23-9-7-18-15(12-23)8-10-26-18)21-16-3-2-4-17(11-16)22-19(24)14-5-6-14/h2-4,8,10-11,13-14,21H,5-7,9,12H2,1H3,(H,22,24). The Labute approximate surface area is 157 Å². The Kier molecular flexibility index (Phi) is 4.68. The maximum Gasteiger partial charge on any atom is 0.245 e. The van der Waals surface area contributed by atoms with Crippen molar-refractivity contribution in [1.82, 2.24) is 4.90 Å². The van der Waals surface area contributed by atoms with Crippen molar-refractivity contribution in [3.05, 3.63) is 46.2 Å². The van der Waals surface area contributed by atoms with E-state index in [2.05, 4.69) is 22.1 Å². The van der Waals surface area contributed by atoms with Crippen LogP contribution in [-0.2, 0) is 22.6 Å². The van der Waals surface area contributed by atoms with E-state index in [9.17, 15) is 9.59 Å². The molecule has 0 bridgehead atoms. The summed E-state index contributed by atoms with van der Waals surface area (Å²) in [5, 5.41) is 8.32. The number of hydrogen-bond donors (Lipinski definition) is 2. The predicted octanol–water partition coefficient (Wildman–Crippen LogP) is 3.48. The highest BCUT2D eigenvalue weighted by molar-refractivity contribution is 7.10. The minimum Gasteiger partial charge on any atom is -0.374 e. The Hall–Kier alpha value is -2.34. The van der Waals surface area contributed by atoms with Gasteiger partial charge in [0.2, 0.25) is 11.8 Å². The van der Waals surface area contributed by atoms with E-state index in [0.717, 1.165) is 37.2 Å². The van der Waals surface area contributed by atoms with Crippen molar-refractivity contribution in [3.8, 4) is 0 Å². The van der Waals surface area contributed by atoms with Crippen LogP contribution in [0.2, 0.25) is 0 Å². The summed E-state index contributed by atoms with van der Waals surface area (Å²) < 4.78 is 0. The molecule has 0 radical (unpaired) electrons. The highest BCUT2D eigenvalue weighted by Crippen LogP contribution is 2.30. The van der Waals surface area contributed by atoms with Gasteiger partial charge in [0.05, 0.1) is 0 Å². The van der Waals surface area contributed by atoms with Gasteiger partial charge in [-0.15, -0.1) is 11.3 Å². The van der Waals surface area contributed by atoms with Gasteiger partial charge in [-0.05, 0) is 61.4 Å². The number of carbonyl (C=O) groups is 2. The minimum absolute atomic E-state index is 0.0890. The predicted molar refractivity (Wildman–Crippen MR) is 104 cm³/mol. The fourth-order valence-electron chi connectivity index (χ4n) is 3.30. The average molecular weight is 369 g/mol. The molecule has 1 saturated carbocycles. The molecule has 1 aromatic carbocycles. The summed E-state index contributed by atoms with van der Waals surface area (Å²) in [7, 11) is 0. The van der Waals surface area contributed by atoms with Gasteiger partial charge >= 0.3 is 0 Å². The Bertz CT molecular complexity index is 828. The Morgan fingerprint density at radius 1 is 1.23 bits per heavy atom. The van der Waals surface area contributed by atoms with Crippen molar-refractivity contribution in [1.29, 1.82) is 0 Å². The van der Waals surface area contributed by atoms with Gasteiger partial charge in [0.1, 0.15) is 6.04 Å². The van der Waals surface area contributed by atoms with Crippen molar-refractivity contribution in [3.63, 3.8) is 0 Å². The lowest BCUT2D eigenvalue weighted by Crippen LogP contribution is -2.43. The van der Waals surface area contributed by atoms with E-state index in [1.165, 1.54) is 10.4 Å². The number of fused-ring (bicyclic) bond motifs is 1. The molecule has 1 atom stereocenters. The summed E-state index contributed by atoms with van der Waals surface area (Å²) in [6.45, 7) is 3.36. The lowest BCUT2D eigenvalue weighted by Gasteiger charge is -2.30. The zero-order valence-electron chi connectivity index (χ0n) is 14.8. The van der Waals surface area contributed by atoms with E-state index >= 15 is 0 Å². The molecule has 2 heterocycles. The monoisotopic (exact) mass is 369 g/mol. The molecule has 1 aliphatic heterocycles. The third-order valence-corrected chi connectivity index (χ3v) is 5.97. The average Bonchev–Trinajstić information content (AvgIpc) is 3.39. The van der Waals surface area contributed by atoms with Crippen LogP contribution < -0.4 is 10.6 Å². The van der Waals surface area contributed by atoms with Crippen molar-refractivity contribution >= 4 is 34.5 Å². The van der Waals surface area contributed by atoms with Crippen LogP contribution in [0.15, 0.2) is 35.7 Å². The molecule has 1 unspecified atom stereocenters. The third kappa shape index (κ3) is 3.75. The SMILES string of the molecule is CC(Nc1cccc(NC(=O)C2CC2)c1)C(=O)N1CCc2sccc2C1. The van der Waals surface area contributed by atoms with E-state index in [1.54, 1.807) is 11.3 Å². The van der Waals surface area contributed by atoms with Gasteiger partial charge in [-0.25, -0.2) is 0 Å². The molecule has 0 saturated heterocycles. The fraction of sp³-hybridized carbons (Fsp3) is 0.400. The van der Waals surface area contributed by atoms with Crippen LogP contribution in [-0.4, -0.2) is 29.3 Å². The second-order valence-corrected chi connectivity index (χ2v) is 8.09. The van der Waals surface area contributed by atoms with Gasteiger partial charge in [0, 0.05) is 35.3 Å². The van der Waals surface area contributed by atoms with E-state index in [1.807, 2.05) is 36.1 Å². The summed E-state index contributed by atoms with van der Waals surface area (Å²) in [5.41, 5.74) is 2.88. The van der Waals surface area contributed by atoms with Crippen LogP contribution in [0.3, 0.4) is 0 Å². The topological polar surface area (TPSA) is 61.4 Å². The fourth-order valence-corrected chi connectivity index (χ4v) is 4.19. The van der Waals surface area contributed by atoms with Gasteiger partial charge in [0.25, 0.3) is 0 Å². The van der Waals surface area contributed by atoms with E-state index in [-0.39, 0.29) is 23.8 Å². The molecule has 2 amide bonds. The molecule has 4 rings (SSSR count). The lowest BCUT2D eigenvalue weighted by molar-refractivity contribution is -0.132. The molecule has 136 valence electrons. The third-order valence-electron chi connectivity index (χ3n) is 4.95. The number of anilines is 2. The molecular formula is C20H23N3O2S. The zero-order valence-corrected chi connectivity index (χ0v) is 15.6. The molecule has 2 aliphatic rings. The van der Waals surface area contributed by atoms with Gasteiger partial charge < -0.3 is 15.5 Å². The van der Waals surface area contributed by atoms with Gasteiger partial charge in [0.15, 0.2) is 0 Å². The van der Waals surface area contributed by atoms with Crippen LogP contribution >= 0.6 is 11.3 Å². The van der Waals surface area contributed by atoms with Gasteiger partial charge in [-0.1, -0.05) is 6.07 Å². The molecule has 1 fully saturated rings. The first-order chi connectivity index (χ1) is 12.6. The number of benzene rings is 1. The summed E-state index contributed by atoms with van der Waals surface area (Å²) in [4.78, 5) is 28.0. The van der Waals surface area contributed by atoms with Crippen molar-refractivity contribution < 1.29 is 9.59 Å². The second-order valence-electron chi connectivity index (χ2n) is 7.09. The van der Waals surface area contributed by atoms with Crippen LogP contribution in [0.4, 0.5) is 11.4 Å². The molecule has 1 aliphatic carbocycles. The van der Waals surface area contributed by atoms with Crippen LogP contribution in [0, 0.1) is 5.92 Å². The summed E-state index contributed by atoms with van der Waals surface area (Å²) >= 11 is 1.77. The van der Waals surface area contributed by atoms with Gasteiger partial charge in [-0.3, -0.25) is 9.59 Å². The molecule has 6 heteroatoms. The number of nitrogens with one attached hydrogen (secondary N) is 2. The van der Waals surface area contributed by atoms with E-state index in [0.29, 0.717) is 6.54 Å². The molecule has 26 heavy (non-hydrogen) atoms. The molecule has 5 nitrogen and oxygen atoms in total. The minimum atomic E-state index is -0.315. The highest BCUT2D eigenvalue weighted by Gasteiger charge is 2.29. The first-order valence-electron chi connectivity index (χ1n) is 9.11. The summed E-state index contributed by atoms with van der Waals surface area (Å²) in [6, 6.07) is 9.37. The number of amides is 2. The normalized spacial score (nSPS) is 17.3. The smallest absolute Gasteiger partial charge is 0.245 e. The Balaban J connectivity index is 1.37. The first-order valence-corrected chi connectivity index (χ1v) is 9.99. The molecule has 2 aromatic rings. The molecule has 1 aromatic heterocycles. The van der Waals surface area contributed by atoms with Gasteiger partial charge in [-0.2, -0.15) is 0 Å². The Morgan fingerprint density at radius 2 is 2.04 bits per heavy atom.